The molecule has 2 unspecified atom stereocenters. The fraction of sp³-hybridized carbons (Fsp3) is 0.920. The third kappa shape index (κ3) is 13.7. The van der Waals surface area contributed by atoms with Crippen molar-refractivity contribution in [3.8, 4) is 0 Å². The van der Waals surface area contributed by atoms with E-state index in [4.69, 9.17) is 0 Å². The number of amides is 1. The van der Waals surface area contributed by atoms with E-state index in [2.05, 4.69) is 12.2 Å². The van der Waals surface area contributed by atoms with Gasteiger partial charge in [0, 0.05) is 6.42 Å². The summed E-state index contributed by atoms with van der Waals surface area (Å²) >= 11 is 0. The van der Waals surface area contributed by atoms with Crippen LogP contribution in [0.1, 0.15) is 124 Å². The Morgan fingerprint density at radius 2 is 1.38 bits per heavy atom. The molecule has 0 aromatic carbocycles. The van der Waals surface area contributed by atoms with Gasteiger partial charge in [0.2, 0.25) is 5.91 Å². The Morgan fingerprint density at radius 1 is 0.862 bits per heavy atom. The number of carboxylic acids is 1. The molecule has 0 aromatic rings. The van der Waals surface area contributed by atoms with Gasteiger partial charge in [-0.1, -0.05) is 97.8 Å². The second kappa shape index (κ2) is 15.7. The van der Waals surface area contributed by atoms with Crippen LogP contribution in [0.3, 0.4) is 0 Å². The first-order valence-electron chi connectivity index (χ1n) is 12.5. The largest absolute Gasteiger partial charge is 0.480 e. The van der Waals surface area contributed by atoms with Gasteiger partial charge < -0.3 is 10.4 Å². The highest BCUT2D eigenvalue weighted by atomic mass is 16.4. The van der Waals surface area contributed by atoms with Crippen LogP contribution in [0.15, 0.2) is 0 Å². The van der Waals surface area contributed by atoms with Crippen LogP contribution in [0.2, 0.25) is 0 Å². The SMILES string of the molecule is CCCCCCCCC1CC1CCCCCCCC(=O)N[C@@H](CC(C)C)C(=O)O. The van der Waals surface area contributed by atoms with Gasteiger partial charge in [0.15, 0.2) is 0 Å². The van der Waals surface area contributed by atoms with E-state index >= 15 is 0 Å². The average molecular weight is 410 g/mol. The van der Waals surface area contributed by atoms with Crippen molar-refractivity contribution in [2.24, 2.45) is 17.8 Å². The lowest BCUT2D eigenvalue weighted by atomic mass is 10.0. The third-order valence-electron chi connectivity index (χ3n) is 6.32. The van der Waals surface area contributed by atoms with Crippen molar-refractivity contribution in [3.63, 3.8) is 0 Å². The zero-order valence-corrected chi connectivity index (χ0v) is 19.4. The van der Waals surface area contributed by atoms with E-state index in [0.29, 0.717) is 12.8 Å². The summed E-state index contributed by atoms with van der Waals surface area (Å²) in [4.78, 5) is 23.1. The van der Waals surface area contributed by atoms with Crippen LogP contribution in [0, 0.1) is 17.8 Å². The van der Waals surface area contributed by atoms with Crippen molar-refractivity contribution in [1.82, 2.24) is 5.32 Å². The monoisotopic (exact) mass is 409 g/mol. The predicted molar refractivity (Wildman–Crippen MR) is 121 cm³/mol. The van der Waals surface area contributed by atoms with E-state index in [0.717, 1.165) is 24.7 Å². The van der Waals surface area contributed by atoms with Crippen LogP contribution in [0.25, 0.3) is 0 Å². The van der Waals surface area contributed by atoms with Crippen LogP contribution >= 0.6 is 0 Å². The van der Waals surface area contributed by atoms with Crippen molar-refractivity contribution in [3.05, 3.63) is 0 Å². The lowest BCUT2D eigenvalue weighted by molar-refractivity contribution is -0.142. The number of carbonyl (C=O) groups is 2. The highest BCUT2D eigenvalue weighted by Crippen LogP contribution is 2.45. The van der Waals surface area contributed by atoms with Crippen molar-refractivity contribution < 1.29 is 14.7 Å². The first-order chi connectivity index (χ1) is 13.9. The summed E-state index contributed by atoms with van der Waals surface area (Å²) in [6, 6.07) is -0.745. The molecule has 0 spiro atoms. The second-order valence-electron chi connectivity index (χ2n) is 9.71. The number of rotatable bonds is 19. The van der Waals surface area contributed by atoms with Gasteiger partial charge in [-0.2, -0.15) is 0 Å². The molecule has 29 heavy (non-hydrogen) atoms. The zero-order chi connectivity index (χ0) is 21.5. The summed E-state index contributed by atoms with van der Waals surface area (Å²) in [6.45, 7) is 6.22. The van der Waals surface area contributed by atoms with E-state index in [1.54, 1.807) is 0 Å². The first kappa shape index (κ1) is 26.0. The van der Waals surface area contributed by atoms with Crippen molar-refractivity contribution >= 4 is 11.9 Å². The highest BCUT2D eigenvalue weighted by molar-refractivity contribution is 5.83. The zero-order valence-electron chi connectivity index (χ0n) is 19.4. The predicted octanol–water partition coefficient (Wildman–Crippen LogP) is 6.72. The molecule has 1 fully saturated rings. The first-order valence-corrected chi connectivity index (χ1v) is 12.5. The second-order valence-corrected chi connectivity index (χ2v) is 9.71. The number of carbonyl (C=O) groups excluding carboxylic acids is 1. The van der Waals surface area contributed by atoms with E-state index in [-0.39, 0.29) is 11.8 Å². The van der Waals surface area contributed by atoms with E-state index in [9.17, 15) is 14.7 Å². The Hall–Kier alpha value is -1.06. The Labute approximate surface area is 179 Å². The minimum atomic E-state index is -0.929. The number of hydrogen-bond acceptors (Lipinski definition) is 2. The van der Waals surface area contributed by atoms with Crippen molar-refractivity contribution in [2.45, 2.75) is 130 Å². The lowest BCUT2D eigenvalue weighted by Crippen LogP contribution is -2.41. The topological polar surface area (TPSA) is 66.4 Å². The van der Waals surface area contributed by atoms with Gasteiger partial charge in [-0.05, 0) is 37.0 Å². The van der Waals surface area contributed by atoms with Gasteiger partial charge in [0.1, 0.15) is 6.04 Å². The van der Waals surface area contributed by atoms with Crippen LogP contribution < -0.4 is 5.32 Å². The Bertz CT molecular complexity index is 449. The third-order valence-corrected chi connectivity index (χ3v) is 6.32. The molecule has 1 saturated carbocycles. The number of aliphatic carboxylic acids is 1. The van der Waals surface area contributed by atoms with Crippen LogP contribution in [-0.4, -0.2) is 23.0 Å². The molecule has 1 rings (SSSR count). The highest BCUT2D eigenvalue weighted by Gasteiger charge is 2.34. The average Bonchev–Trinajstić information content (AvgIpc) is 3.41. The van der Waals surface area contributed by atoms with Gasteiger partial charge in [-0.25, -0.2) is 4.79 Å². The molecule has 1 aliphatic carbocycles. The number of nitrogens with one attached hydrogen (secondary N) is 1. The van der Waals surface area contributed by atoms with E-state index in [1.807, 2.05) is 13.8 Å². The summed E-state index contributed by atoms with van der Waals surface area (Å²) in [5.41, 5.74) is 0. The Balaban J connectivity index is 1.91. The molecule has 0 aromatic heterocycles. The van der Waals surface area contributed by atoms with Gasteiger partial charge in [-0.3, -0.25) is 4.79 Å². The molecule has 0 saturated heterocycles. The fourth-order valence-electron chi connectivity index (χ4n) is 4.39. The number of hydrogen-bond donors (Lipinski definition) is 2. The van der Waals surface area contributed by atoms with Crippen LogP contribution in [0.5, 0.6) is 0 Å². The number of unbranched alkanes of at least 4 members (excludes halogenated alkanes) is 9. The maximum absolute atomic E-state index is 11.9. The van der Waals surface area contributed by atoms with E-state index in [1.165, 1.54) is 77.0 Å². The smallest absolute Gasteiger partial charge is 0.326 e. The van der Waals surface area contributed by atoms with Crippen LogP contribution in [-0.2, 0) is 9.59 Å². The molecular formula is C25H47NO3. The molecule has 1 aliphatic rings. The maximum atomic E-state index is 11.9. The molecule has 0 aliphatic heterocycles. The fourth-order valence-corrected chi connectivity index (χ4v) is 4.39. The Morgan fingerprint density at radius 3 is 1.90 bits per heavy atom. The quantitative estimate of drug-likeness (QED) is 0.233. The van der Waals surface area contributed by atoms with Gasteiger partial charge >= 0.3 is 5.97 Å². The van der Waals surface area contributed by atoms with Crippen molar-refractivity contribution in [2.75, 3.05) is 0 Å². The molecule has 4 heteroatoms. The molecule has 3 atom stereocenters. The molecule has 4 nitrogen and oxygen atoms in total. The van der Waals surface area contributed by atoms with Crippen LogP contribution in [0.4, 0.5) is 0 Å². The summed E-state index contributed by atoms with van der Waals surface area (Å²) in [6.07, 6.45) is 19.4. The minimum Gasteiger partial charge on any atom is -0.480 e. The molecule has 170 valence electrons. The lowest BCUT2D eigenvalue weighted by Gasteiger charge is -2.16. The van der Waals surface area contributed by atoms with Crippen molar-refractivity contribution in [1.29, 1.82) is 0 Å². The maximum Gasteiger partial charge on any atom is 0.326 e. The normalized spacial score (nSPS) is 19.3. The molecule has 2 N–H and O–H groups in total. The number of carboxylic acid groups (broad SMARTS) is 1. The summed E-state index contributed by atoms with van der Waals surface area (Å²) in [7, 11) is 0. The molecule has 1 amide bonds. The van der Waals surface area contributed by atoms with Gasteiger partial charge in [0.25, 0.3) is 0 Å². The van der Waals surface area contributed by atoms with Gasteiger partial charge in [-0.15, -0.1) is 0 Å². The summed E-state index contributed by atoms with van der Waals surface area (Å²) < 4.78 is 0. The van der Waals surface area contributed by atoms with Gasteiger partial charge in [0.05, 0.1) is 0 Å². The minimum absolute atomic E-state index is 0.117. The Kier molecular flexibility index (Phi) is 14.1. The molecule has 0 heterocycles. The molecule has 0 radical (unpaired) electrons. The summed E-state index contributed by atoms with van der Waals surface area (Å²) in [5, 5.41) is 11.9. The standard InChI is InChI=1S/C25H47NO3/c1-4-5-6-7-9-12-15-21-19-22(21)16-13-10-8-11-14-17-24(27)26-23(25(28)29)18-20(2)3/h20-23H,4-19H2,1-3H3,(H,26,27)(H,28,29)/t21?,22?,23-/m0/s1. The molecule has 0 bridgehead atoms. The summed E-state index contributed by atoms with van der Waals surface area (Å²) in [5.74, 6) is 1.24. The molecular weight excluding hydrogens is 362 g/mol. The van der Waals surface area contributed by atoms with E-state index < -0.39 is 12.0 Å².